The fourth-order valence-electron chi connectivity index (χ4n) is 3.28. The lowest BCUT2D eigenvalue weighted by Gasteiger charge is -2.37. The number of rotatable bonds is 4. The second-order valence-electron chi connectivity index (χ2n) is 6.39. The van der Waals surface area contributed by atoms with Crippen LogP contribution >= 0.6 is 0 Å². The summed E-state index contributed by atoms with van der Waals surface area (Å²) in [5.74, 6) is 0.0451. The van der Waals surface area contributed by atoms with Gasteiger partial charge in [0.05, 0.1) is 6.04 Å². The third-order valence-electron chi connectivity index (χ3n) is 4.88. The van der Waals surface area contributed by atoms with Gasteiger partial charge in [0.15, 0.2) is 0 Å². The van der Waals surface area contributed by atoms with Gasteiger partial charge in [-0.1, -0.05) is 0 Å². The summed E-state index contributed by atoms with van der Waals surface area (Å²) in [6.07, 6.45) is 4.46. The summed E-state index contributed by atoms with van der Waals surface area (Å²) in [4.78, 5) is 18.3. The number of hydrogen-bond donors (Lipinski definition) is 1. The second-order valence-corrected chi connectivity index (χ2v) is 8.33. The fourth-order valence-corrected chi connectivity index (χ4v) is 4.67. The van der Waals surface area contributed by atoms with Crippen molar-refractivity contribution in [2.24, 2.45) is 11.7 Å². The van der Waals surface area contributed by atoms with Gasteiger partial charge in [0.25, 0.3) is 0 Å². The molecule has 0 aliphatic carbocycles. The molecule has 0 aromatic carbocycles. The highest BCUT2D eigenvalue weighted by Crippen LogP contribution is 2.21. The Bertz CT molecular complexity index is 683. The summed E-state index contributed by atoms with van der Waals surface area (Å²) < 4.78 is 31.9. The Morgan fingerprint density at radius 2 is 1.92 bits per heavy atom. The Balaban J connectivity index is 1.59. The van der Waals surface area contributed by atoms with Gasteiger partial charge in [0, 0.05) is 51.8 Å². The van der Waals surface area contributed by atoms with Crippen molar-refractivity contribution in [2.75, 3.05) is 39.4 Å². The molecule has 0 radical (unpaired) electrons. The number of pyridine rings is 1. The highest BCUT2D eigenvalue weighted by Gasteiger charge is 2.34. The van der Waals surface area contributed by atoms with Crippen LogP contribution in [0, 0.1) is 5.92 Å². The van der Waals surface area contributed by atoms with Crippen LogP contribution in [0.1, 0.15) is 12.8 Å². The van der Waals surface area contributed by atoms with Crippen molar-refractivity contribution in [3.63, 3.8) is 0 Å². The van der Waals surface area contributed by atoms with E-state index in [2.05, 4.69) is 4.98 Å². The average Bonchev–Trinajstić information content (AvgIpc) is 2.68. The molecule has 2 N–H and O–H groups in total. The SMILES string of the molecule is NC(C(=O)N1CCN(S(=O)(=O)c2cccnc2)CC1)C1CCOCC1. The number of carbonyl (C=O) groups is 1. The Morgan fingerprint density at radius 1 is 1.24 bits per heavy atom. The molecule has 0 bridgehead atoms. The van der Waals surface area contributed by atoms with Crippen LogP contribution in [0.25, 0.3) is 0 Å². The van der Waals surface area contributed by atoms with E-state index in [4.69, 9.17) is 10.5 Å². The van der Waals surface area contributed by atoms with Crippen molar-refractivity contribution < 1.29 is 17.9 Å². The normalized spacial score (nSPS) is 21.9. The third kappa shape index (κ3) is 4.00. The van der Waals surface area contributed by atoms with Gasteiger partial charge in [0.1, 0.15) is 4.90 Å². The molecule has 8 nitrogen and oxygen atoms in total. The molecule has 1 atom stereocenters. The third-order valence-corrected chi connectivity index (χ3v) is 6.76. The Kier molecular flexibility index (Phi) is 5.67. The lowest BCUT2D eigenvalue weighted by Crippen LogP contribution is -2.56. The maximum atomic E-state index is 12.6. The first kappa shape index (κ1) is 18.2. The molecule has 25 heavy (non-hydrogen) atoms. The zero-order valence-corrected chi connectivity index (χ0v) is 14.9. The summed E-state index contributed by atoms with van der Waals surface area (Å²) in [6, 6.07) is 2.59. The van der Waals surface area contributed by atoms with Crippen molar-refractivity contribution in [1.82, 2.24) is 14.2 Å². The minimum Gasteiger partial charge on any atom is -0.381 e. The number of piperazine rings is 1. The highest BCUT2D eigenvalue weighted by atomic mass is 32.2. The molecule has 138 valence electrons. The molecule has 2 fully saturated rings. The molecule has 2 aliphatic heterocycles. The van der Waals surface area contributed by atoms with Crippen LogP contribution in [-0.2, 0) is 19.6 Å². The van der Waals surface area contributed by atoms with Crippen LogP contribution in [0.5, 0.6) is 0 Å². The smallest absolute Gasteiger partial charge is 0.244 e. The Labute approximate surface area is 148 Å². The molecular weight excluding hydrogens is 344 g/mol. The summed E-state index contributed by atoms with van der Waals surface area (Å²) in [7, 11) is -3.57. The van der Waals surface area contributed by atoms with Gasteiger partial charge >= 0.3 is 0 Å². The topological polar surface area (TPSA) is 106 Å². The van der Waals surface area contributed by atoms with Gasteiger partial charge in [-0.3, -0.25) is 9.78 Å². The molecule has 9 heteroatoms. The van der Waals surface area contributed by atoms with Crippen LogP contribution in [0.4, 0.5) is 0 Å². The standard InChI is InChI=1S/C16H24N4O4S/c17-15(13-3-10-24-11-4-13)16(21)19-6-8-20(9-7-19)25(22,23)14-2-1-5-18-12-14/h1-2,5,12-13,15H,3-4,6-11,17H2. The molecule has 1 unspecified atom stereocenters. The number of hydrogen-bond acceptors (Lipinski definition) is 6. The van der Waals surface area contributed by atoms with E-state index in [0.29, 0.717) is 26.3 Å². The second kappa shape index (κ2) is 7.77. The van der Waals surface area contributed by atoms with Crippen molar-refractivity contribution in [3.8, 4) is 0 Å². The predicted octanol–water partition coefficient (Wildman–Crippen LogP) is -0.332. The van der Waals surface area contributed by atoms with Gasteiger partial charge < -0.3 is 15.4 Å². The Hall–Kier alpha value is -1.55. The fraction of sp³-hybridized carbons (Fsp3) is 0.625. The minimum absolute atomic E-state index is 0.0923. The van der Waals surface area contributed by atoms with E-state index in [1.807, 2.05) is 0 Å². The van der Waals surface area contributed by atoms with Gasteiger partial charge in [-0.05, 0) is 30.9 Å². The lowest BCUT2D eigenvalue weighted by atomic mass is 9.91. The summed E-state index contributed by atoms with van der Waals surface area (Å²) >= 11 is 0. The summed E-state index contributed by atoms with van der Waals surface area (Å²) in [6.45, 7) is 2.53. The first-order valence-electron chi connectivity index (χ1n) is 8.52. The number of ether oxygens (including phenoxy) is 1. The van der Waals surface area contributed by atoms with Crippen molar-refractivity contribution in [3.05, 3.63) is 24.5 Å². The average molecular weight is 368 g/mol. The van der Waals surface area contributed by atoms with Gasteiger partial charge in [-0.25, -0.2) is 8.42 Å². The van der Waals surface area contributed by atoms with E-state index in [9.17, 15) is 13.2 Å². The maximum absolute atomic E-state index is 12.6. The molecule has 2 saturated heterocycles. The van der Waals surface area contributed by atoms with Gasteiger partial charge in [0.2, 0.25) is 15.9 Å². The highest BCUT2D eigenvalue weighted by molar-refractivity contribution is 7.89. The molecule has 3 rings (SSSR count). The van der Waals surface area contributed by atoms with Crippen LogP contribution in [0.3, 0.4) is 0 Å². The number of aromatic nitrogens is 1. The molecule has 1 amide bonds. The molecule has 3 heterocycles. The molecule has 0 saturated carbocycles. The van der Waals surface area contributed by atoms with Crippen LogP contribution < -0.4 is 5.73 Å². The van der Waals surface area contributed by atoms with Gasteiger partial charge in [-0.15, -0.1) is 0 Å². The monoisotopic (exact) mass is 368 g/mol. The molecule has 0 spiro atoms. The molecule has 2 aliphatic rings. The number of sulfonamides is 1. The molecule has 1 aromatic rings. The van der Waals surface area contributed by atoms with Crippen molar-refractivity contribution in [1.29, 1.82) is 0 Å². The zero-order valence-electron chi connectivity index (χ0n) is 14.1. The van der Waals surface area contributed by atoms with Crippen LogP contribution in [0.2, 0.25) is 0 Å². The lowest BCUT2D eigenvalue weighted by molar-refractivity contribution is -0.135. The Morgan fingerprint density at radius 3 is 2.52 bits per heavy atom. The first-order valence-corrected chi connectivity index (χ1v) is 9.96. The number of amides is 1. The van der Waals surface area contributed by atoms with E-state index in [1.165, 1.54) is 22.8 Å². The van der Waals surface area contributed by atoms with Crippen molar-refractivity contribution >= 4 is 15.9 Å². The van der Waals surface area contributed by atoms with Crippen LogP contribution in [-0.4, -0.2) is 73.9 Å². The van der Waals surface area contributed by atoms with Gasteiger partial charge in [-0.2, -0.15) is 4.31 Å². The number of nitrogens with two attached hydrogens (primary N) is 1. The predicted molar refractivity (Wildman–Crippen MR) is 91.1 cm³/mol. The summed E-state index contributed by atoms with van der Waals surface area (Å²) in [5.41, 5.74) is 6.15. The summed E-state index contributed by atoms with van der Waals surface area (Å²) in [5, 5.41) is 0. The molecular formula is C16H24N4O4S. The van der Waals surface area contributed by atoms with E-state index in [1.54, 1.807) is 11.0 Å². The van der Waals surface area contributed by atoms with Crippen LogP contribution in [0.15, 0.2) is 29.4 Å². The van der Waals surface area contributed by atoms with E-state index >= 15 is 0 Å². The number of nitrogens with zero attached hydrogens (tertiary/aromatic N) is 3. The molecule has 1 aromatic heterocycles. The minimum atomic E-state index is -3.57. The van der Waals surface area contributed by atoms with E-state index in [0.717, 1.165) is 12.8 Å². The van der Waals surface area contributed by atoms with E-state index in [-0.39, 0.29) is 29.8 Å². The van der Waals surface area contributed by atoms with Crippen molar-refractivity contribution in [2.45, 2.75) is 23.8 Å². The first-order chi connectivity index (χ1) is 12.0. The van der Waals surface area contributed by atoms with E-state index < -0.39 is 16.1 Å². The quantitative estimate of drug-likeness (QED) is 0.780. The number of carbonyl (C=O) groups excluding carboxylic acids is 1. The largest absolute Gasteiger partial charge is 0.381 e. The maximum Gasteiger partial charge on any atom is 0.244 e. The zero-order chi connectivity index (χ0) is 17.9.